The van der Waals surface area contributed by atoms with Crippen molar-refractivity contribution in [2.45, 2.75) is 32.9 Å². The molecule has 136 valence electrons. The molecule has 0 fully saturated rings. The van der Waals surface area contributed by atoms with Crippen LogP contribution in [0.4, 0.5) is 0 Å². The molecule has 1 unspecified atom stereocenters. The standard InChI is InChI=1S/C21H22N6/c1-13-5-6-17-19(14(13)2)26-18(25-17)11-27-9-7-16-20(24-12-23-16)21(27)15-4-3-8-22-10-15/h3-6,8,10,12,21H,7,9,11H2,1-2H3,(H,23,24)(H,25,26). The van der Waals surface area contributed by atoms with Gasteiger partial charge in [0.1, 0.15) is 5.82 Å². The summed E-state index contributed by atoms with van der Waals surface area (Å²) in [4.78, 5) is 23.1. The minimum atomic E-state index is 0.0877. The van der Waals surface area contributed by atoms with Crippen LogP contribution in [-0.4, -0.2) is 36.4 Å². The Balaban J connectivity index is 1.53. The van der Waals surface area contributed by atoms with E-state index in [1.807, 2.05) is 18.5 Å². The summed E-state index contributed by atoms with van der Waals surface area (Å²) in [5.41, 5.74) is 8.16. The smallest absolute Gasteiger partial charge is 0.121 e. The molecule has 6 nitrogen and oxygen atoms in total. The van der Waals surface area contributed by atoms with Crippen molar-refractivity contribution in [3.63, 3.8) is 0 Å². The summed E-state index contributed by atoms with van der Waals surface area (Å²) in [5, 5.41) is 0. The van der Waals surface area contributed by atoms with Crippen molar-refractivity contribution in [3.8, 4) is 0 Å². The number of aromatic amines is 2. The monoisotopic (exact) mass is 358 g/mol. The first kappa shape index (κ1) is 16.2. The summed E-state index contributed by atoms with van der Waals surface area (Å²) in [5.74, 6) is 0.992. The van der Waals surface area contributed by atoms with Gasteiger partial charge in [0.05, 0.1) is 35.6 Å². The Labute approximate surface area is 157 Å². The van der Waals surface area contributed by atoms with E-state index in [4.69, 9.17) is 4.98 Å². The number of rotatable bonds is 3. The maximum Gasteiger partial charge on any atom is 0.121 e. The number of nitrogens with one attached hydrogen (secondary N) is 2. The van der Waals surface area contributed by atoms with Gasteiger partial charge in [-0.05, 0) is 42.7 Å². The van der Waals surface area contributed by atoms with Crippen LogP contribution < -0.4 is 0 Å². The Morgan fingerprint density at radius 2 is 2.15 bits per heavy atom. The van der Waals surface area contributed by atoms with Crippen LogP contribution in [0.3, 0.4) is 0 Å². The van der Waals surface area contributed by atoms with Gasteiger partial charge in [-0.15, -0.1) is 0 Å². The number of fused-ring (bicyclic) bond motifs is 2. The van der Waals surface area contributed by atoms with Crippen LogP contribution in [0.25, 0.3) is 11.0 Å². The van der Waals surface area contributed by atoms with E-state index in [1.165, 1.54) is 16.8 Å². The van der Waals surface area contributed by atoms with Crippen molar-refractivity contribution in [1.82, 2.24) is 29.8 Å². The first-order valence-corrected chi connectivity index (χ1v) is 9.31. The van der Waals surface area contributed by atoms with Crippen LogP contribution in [0.2, 0.25) is 0 Å². The Morgan fingerprint density at radius 1 is 1.22 bits per heavy atom. The van der Waals surface area contributed by atoms with Crippen molar-refractivity contribution < 1.29 is 0 Å². The molecule has 1 atom stereocenters. The average molecular weight is 358 g/mol. The van der Waals surface area contributed by atoms with Gasteiger partial charge in [-0.2, -0.15) is 0 Å². The predicted molar refractivity (Wildman–Crippen MR) is 104 cm³/mol. The number of imidazole rings is 2. The third-order valence-corrected chi connectivity index (χ3v) is 5.61. The van der Waals surface area contributed by atoms with Crippen LogP contribution in [0.1, 0.15) is 39.9 Å². The van der Waals surface area contributed by atoms with Crippen LogP contribution >= 0.6 is 0 Å². The quantitative estimate of drug-likeness (QED) is 0.588. The number of aryl methyl sites for hydroxylation is 2. The van der Waals surface area contributed by atoms with Gasteiger partial charge in [-0.3, -0.25) is 9.88 Å². The summed E-state index contributed by atoms with van der Waals surface area (Å²) < 4.78 is 0. The highest BCUT2D eigenvalue weighted by atomic mass is 15.2. The number of nitrogens with zero attached hydrogens (tertiary/aromatic N) is 4. The van der Waals surface area contributed by atoms with E-state index in [9.17, 15) is 0 Å². The molecule has 0 radical (unpaired) electrons. The minimum absolute atomic E-state index is 0.0877. The molecule has 27 heavy (non-hydrogen) atoms. The Hall–Kier alpha value is -2.99. The molecule has 3 aromatic heterocycles. The molecule has 0 bridgehead atoms. The van der Waals surface area contributed by atoms with Crippen LogP contribution in [-0.2, 0) is 13.0 Å². The van der Waals surface area contributed by atoms with Gasteiger partial charge in [0.25, 0.3) is 0 Å². The van der Waals surface area contributed by atoms with E-state index in [0.29, 0.717) is 0 Å². The molecule has 0 saturated carbocycles. The van der Waals surface area contributed by atoms with E-state index in [1.54, 1.807) is 6.33 Å². The van der Waals surface area contributed by atoms with E-state index in [-0.39, 0.29) is 6.04 Å². The Kier molecular flexibility index (Phi) is 3.79. The second-order valence-electron chi connectivity index (χ2n) is 7.26. The van der Waals surface area contributed by atoms with Gasteiger partial charge in [0.2, 0.25) is 0 Å². The SMILES string of the molecule is Cc1ccc2[nH]c(CN3CCc4[nH]cnc4C3c3cccnc3)nc2c1C. The maximum absolute atomic E-state index is 4.90. The van der Waals surface area contributed by atoms with Gasteiger partial charge >= 0.3 is 0 Å². The highest BCUT2D eigenvalue weighted by Crippen LogP contribution is 2.34. The molecule has 0 spiro atoms. The third-order valence-electron chi connectivity index (χ3n) is 5.61. The summed E-state index contributed by atoms with van der Waals surface area (Å²) in [7, 11) is 0. The first-order chi connectivity index (χ1) is 13.2. The molecule has 0 amide bonds. The molecule has 0 saturated heterocycles. The highest BCUT2D eigenvalue weighted by molar-refractivity contribution is 5.79. The number of hydrogen-bond acceptors (Lipinski definition) is 4. The first-order valence-electron chi connectivity index (χ1n) is 9.31. The average Bonchev–Trinajstić information content (AvgIpc) is 3.32. The molecular formula is C21H22N6. The second kappa shape index (κ2) is 6.32. The van der Waals surface area contributed by atoms with Crippen LogP contribution in [0.15, 0.2) is 43.0 Å². The van der Waals surface area contributed by atoms with Crippen molar-refractivity contribution in [2.75, 3.05) is 6.54 Å². The summed E-state index contributed by atoms with van der Waals surface area (Å²) >= 11 is 0. The predicted octanol–water partition coefficient (Wildman–Crippen LogP) is 3.45. The van der Waals surface area contributed by atoms with Gasteiger partial charge in [0, 0.05) is 31.1 Å². The molecular weight excluding hydrogens is 336 g/mol. The van der Waals surface area contributed by atoms with Crippen molar-refractivity contribution in [2.24, 2.45) is 0 Å². The molecule has 4 heterocycles. The van der Waals surface area contributed by atoms with E-state index in [0.717, 1.165) is 47.6 Å². The molecule has 2 N–H and O–H groups in total. The fraction of sp³-hybridized carbons (Fsp3) is 0.286. The molecule has 1 aromatic carbocycles. The Morgan fingerprint density at radius 3 is 3.00 bits per heavy atom. The van der Waals surface area contributed by atoms with Crippen molar-refractivity contribution in [1.29, 1.82) is 0 Å². The van der Waals surface area contributed by atoms with E-state index < -0.39 is 0 Å². The molecule has 1 aliphatic rings. The van der Waals surface area contributed by atoms with Gasteiger partial charge in [-0.25, -0.2) is 9.97 Å². The summed E-state index contributed by atoms with van der Waals surface area (Å²) in [6.07, 6.45) is 6.51. The zero-order chi connectivity index (χ0) is 18.4. The van der Waals surface area contributed by atoms with E-state index in [2.05, 4.69) is 56.9 Å². The third kappa shape index (κ3) is 2.73. The van der Waals surface area contributed by atoms with E-state index >= 15 is 0 Å². The maximum atomic E-state index is 4.90. The number of hydrogen-bond donors (Lipinski definition) is 2. The molecule has 6 heteroatoms. The van der Waals surface area contributed by atoms with Gasteiger partial charge in [0.15, 0.2) is 0 Å². The normalized spacial score (nSPS) is 17.3. The lowest BCUT2D eigenvalue weighted by Crippen LogP contribution is -2.36. The number of H-pyrrole nitrogens is 2. The number of benzene rings is 1. The zero-order valence-corrected chi connectivity index (χ0v) is 15.5. The molecule has 4 aromatic rings. The zero-order valence-electron chi connectivity index (χ0n) is 15.5. The van der Waals surface area contributed by atoms with Gasteiger partial charge in [-0.1, -0.05) is 12.1 Å². The number of aromatic nitrogens is 5. The highest BCUT2D eigenvalue weighted by Gasteiger charge is 2.31. The fourth-order valence-electron chi connectivity index (χ4n) is 4.03. The summed E-state index contributed by atoms with van der Waals surface area (Å²) in [6.45, 7) is 5.96. The Bertz CT molecular complexity index is 1090. The van der Waals surface area contributed by atoms with Gasteiger partial charge < -0.3 is 9.97 Å². The molecule has 1 aliphatic heterocycles. The lowest BCUT2D eigenvalue weighted by atomic mass is 9.97. The fourth-order valence-corrected chi connectivity index (χ4v) is 4.03. The lowest BCUT2D eigenvalue weighted by Gasteiger charge is -2.34. The van der Waals surface area contributed by atoms with Crippen LogP contribution in [0, 0.1) is 13.8 Å². The molecule has 5 rings (SSSR count). The minimum Gasteiger partial charge on any atom is -0.348 e. The molecule has 0 aliphatic carbocycles. The topological polar surface area (TPSA) is 73.5 Å². The van der Waals surface area contributed by atoms with Crippen LogP contribution in [0.5, 0.6) is 0 Å². The largest absolute Gasteiger partial charge is 0.348 e. The second-order valence-corrected chi connectivity index (χ2v) is 7.26. The van der Waals surface area contributed by atoms with Crippen molar-refractivity contribution in [3.05, 3.63) is 76.9 Å². The lowest BCUT2D eigenvalue weighted by molar-refractivity contribution is 0.196. The van der Waals surface area contributed by atoms with Crippen molar-refractivity contribution >= 4 is 11.0 Å². The number of pyridine rings is 1. The summed E-state index contributed by atoms with van der Waals surface area (Å²) in [6, 6.07) is 8.47.